The summed E-state index contributed by atoms with van der Waals surface area (Å²) in [5, 5.41) is 4.82. The molecule has 4 aromatic carbocycles. The lowest BCUT2D eigenvalue weighted by Crippen LogP contribution is -2.18. The molecule has 0 spiro atoms. The topological polar surface area (TPSA) is 55.4 Å². The van der Waals surface area contributed by atoms with Crippen LogP contribution in [-0.2, 0) is 28.4 Å². The number of hydrogen-bond acceptors (Lipinski definition) is 6. The van der Waals surface area contributed by atoms with Gasteiger partial charge in [0.2, 0.25) is 0 Å². The van der Waals surface area contributed by atoms with Crippen molar-refractivity contribution < 1.29 is 28.4 Å². The molecule has 1 atom stereocenters. The maximum absolute atomic E-state index is 6.57. The number of fused-ring (bicyclic) bond motifs is 2. The molecule has 1 aliphatic heterocycles. The van der Waals surface area contributed by atoms with E-state index in [0.29, 0.717) is 72.7 Å². The highest BCUT2D eigenvalue weighted by molar-refractivity contribution is 5.94. The lowest BCUT2D eigenvalue weighted by molar-refractivity contribution is -0.0422. The van der Waals surface area contributed by atoms with E-state index in [1.54, 1.807) is 0 Å². The summed E-state index contributed by atoms with van der Waals surface area (Å²) in [6.45, 7) is 6.28. The van der Waals surface area contributed by atoms with Crippen LogP contribution in [0, 0.1) is 0 Å². The standard InChI is InChI=1S/C34H40O6/c1-2-9-29-25-30(12-11-27(29)7-1)32-14-13-28-8-3-4-10-31(28)34(32)33-26-39-24-23-36-16-5-15-35-19-21-38-22-20-37-17-6-18-40-33/h1-4,7-14,25,33H,5-6,15-24,26H2. The molecule has 1 heterocycles. The number of benzene rings is 4. The molecule has 1 saturated heterocycles. The Balaban J connectivity index is 1.39. The number of ether oxygens (including phenoxy) is 6. The first kappa shape index (κ1) is 28.7. The quantitative estimate of drug-likeness (QED) is 0.284. The summed E-state index contributed by atoms with van der Waals surface area (Å²) in [6, 6.07) is 28.1. The zero-order chi connectivity index (χ0) is 27.2. The molecule has 6 nitrogen and oxygen atoms in total. The Kier molecular flexibility index (Phi) is 11.3. The van der Waals surface area contributed by atoms with Crippen molar-refractivity contribution in [2.75, 3.05) is 72.7 Å². The minimum absolute atomic E-state index is 0.241. The Morgan fingerprint density at radius 1 is 0.475 bits per heavy atom. The highest BCUT2D eigenvalue weighted by atomic mass is 16.6. The normalized spacial score (nSPS) is 19.9. The van der Waals surface area contributed by atoms with Gasteiger partial charge in [0.15, 0.2) is 0 Å². The second-order valence-corrected chi connectivity index (χ2v) is 9.90. The highest BCUT2D eigenvalue weighted by Crippen LogP contribution is 2.37. The second kappa shape index (κ2) is 15.8. The van der Waals surface area contributed by atoms with E-state index in [1.165, 1.54) is 27.1 Å². The Hall–Kier alpha value is -2.84. The third kappa shape index (κ3) is 8.10. The van der Waals surface area contributed by atoms with Gasteiger partial charge in [0.05, 0.1) is 46.2 Å². The summed E-state index contributed by atoms with van der Waals surface area (Å²) >= 11 is 0. The lowest BCUT2D eigenvalue weighted by Gasteiger charge is -2.24. The molecule has 0 aliphatic carbocycles. The van der Waals surface area contributed by atoms with E-state index in [4.69, 9.17) is 28.4 Å². The first-order chi connectivity index (χ1) is 19.9. The first-order valence-electron chi connectivity index (χ1n) is 14.4. The van der Waals surface area contributed by atoms with Gasteiger partial charge < -0.3 is 28.4 Å². The summed E-state index contributed by atoms with van der Waals surface area (Å²) in [4.78, 5) is 0. The van der Waals surface area contributed by atoms with Gasteiger partial charge in [0.1, 0.15) is 6.10 Å². The van der Waals surface area contributed by atoms with E-state index in [0.717, 1.165) is 24.0 Å². The molecule has 4 aromatic rings. The van der Waals surface area contributed by atoms with Crippen molar-refractivity contribution >= 4 is 21.5 Å². The van der Waals surface area contributed by atoms with Crippen LogP contribution in [0.25, 0.3) is 32.7 Å². The molecular weight excluding hydrogens is 504 g/mol. The van der Waals surface area contributed by atoms with Crippen molar-refractivity contribution in [1.82, 2.24) is 0 Å². The van der Waals surface area contributed by atoms with E-state index in [1.807, 2.05) is 0 Å². The predicted molar refractivity (Wildman–Crippen MR) is 159 cm³/mol. The molecule has 0 N–H and O–H groups in total. The lowest BCUT2D eigenvalue weighted by atomic mass is 9.90. The maximum Gasteiger partial charge on any atom is 0.107 e. The summed E-state index contributed by atoms with van der Waals surface area (Å²) in [7, 11) is 0. The molecule has 5 rings (SSSR count). The third-order valence-electron chi connectivity index (χ3n) is 7.07. The fraction of sp³-hybridized carbons (Fsp3) is 0.412. The summed E-state index contributed by atoms with van der Waals surface area (Å²) in [5.74, 6) is 0. The van der Waals surface area contributed by atoms with Crippen molar-refractivity contribution in [2.24, 2.45) is 0 Å². The fourth-order valence-corrected chi connectivity index (χ4v) is 5.07. The molecular formula is C34H40O6. The summed E-state index contributed by atoms with van der Waals surface area (Å²) < 4.78 is 35.4. The average molecular weight is 545 g/mol. The largest absolute Gasteiger partial charge is 0.379 e. The smallest absolute Gasteiger partial charge is 0.107 e. The Morgan fingerprint density at radius 2 is 1.05 bits per heavy atom. The SMILES string of the molecule is c1ccc2cc(-c3ccc4ccccc4c3C3COCCOCCCOCCOCCOCCCO3)ccc2c1. The minimum atomic E-state index is -0.241. The molecule has 0 radical (unpaired) electrons. The van der Waals surface area contributed by atoms with Crippen molar-refractivity contribution in [2.45, 2.75) is 18.9 Å². The Morgan fingerprint density at radius 3 is 1.80 bits per heavy atom. The van der Waals surface area contributed by atoms with Crippen LogP contribution in [-0.4, -0.2) is 72.7 Å². The number of rotatable bonds is 2. The van der Waals surface area contributed by atoms with Gasteiger partial charge in [-0.1, -0.05) is 72.8 Å². The second-order valence-electron chi connectivity index (χ2n) is 9.90. The molecule has 0 bridgehead atoms. The van der Waals surface area contributed by atoms with Gasteiger partial charge in [-0.2, -0.15) is 0 Å². The molecule has 0 saturated carbocycles. The van der Waals surface area contributed by atoms with Gasteiger partial charge >= 0.3 is 0 Å². The van der Waals surface area contributed by atoms with Gasteiger partial charge in [0, 0.05) is 26.4 Å². The molecule has 0 aromatic heterocycles. The van der Waals surface area contributed by atoms with E-state index in [9.17, 15) is 0 Å². The predicted octanol–water partition coefficient (Wildman–Crippen LogP) is 6.59. The van der Waals surface area contributed by atoms with Gasteiger partial charge in [-0.3, -0.25) is 0 Å². The van der Waals surface area contributed by atoms with Crippen LogP contribution in [0.3, 0.4) is 0 Å². The van der Waals surface area contributed by atoms with E-state index in [-0.39, 0.29) is 6.10 Å². The van der Waals surface area contributed by atoms with E-state index >= 15 is 0 Å². The monoisotopic (exact) mass is 544 g/mol. The van der Waals surface area contributed by atoms with Crippen LogP contribution in [0.2, 0.25) is 0 Å². The van der Waals surface area contributed by atoms with Gasteiger partial charge in [0.25, 0.3) is 0 Å². The minimum Gasteiger partial charge on any atom is -0.379 e. The Labute approximate surface area is 237 Å². The van der Waals surface area contributed by atoms with Crippen LogP contribution in [0.4, 0.5) is 0 Å². The number of hydrogen-bond donors (Lipinski definition) is 0. The van der Waals surface area contributed by atoms with Crippen molar-refractivity contribution in [3.8, 4) is 11.1 Å². The van der Waals surface area contributed by atoms with Crippen molar-refractivity contribution in [3.05, 3.63) is 84.4 Å². The summed E-state index contributed by atoms with van der Waals surface area (Å²) in [6.07, 6.45) is 1.40. The molecule has 0 amide bonds. The molecule has 6 heteroatoms. The fourth-order valence-electron chi connectivity index (χ4n) is 5.07. The maximum atomic E-state index is 6.57. The van der Waals surface area contributed by atoms with Crippen molar-refractivity contribution in [3.63, 3.8) is 0 Å². The Bertz CT molecular complexity index is 1300. The first-order valence-corrected chi connectivity index (χ1v) is 14.4. The van der Waals surface area contributed by atoms with Crippen LogP contribution in [0.15, 0.2) is 78.9 Å². The van der Waals surface area contributed by atoms with E-state index < -0.39 is 0 Å². The molecule has 40 heavy (non-hydrogen) atoms. The third-order valence-corrected chi connectivity index (χ3v) is 7.07. The van der Waals surface area contributed by atoms with E-state index in [2.05, 4.69) is 78.9 Å². The zero-order valence-electron chi connectivity index (χ0n) is 23.2. The van der Waals surface area contributed by atoms with Gasteiger partial charge in [-0.15, -0.1) is 0 Å². The molecule has 1 unspecified atom stereocenters. The zero-order valence-corrected chi connectivity index (χ0v) is 23.2. The van der Waals surface area contributed by atoms with Crippen LogP contribution in [0.5, 0.6) is 0 Å². The highest BCUT2D eigenvalue weighted by Gasteiger charge is 2.21. The van der Waals surface area contributed by atoms with Gasteiger partial charge in [-0.25, -0.2) is 0 Å². The van der Waals surface area contributed by atoms with Crippen LogP contribution < -0.4 is 0 Å². The van der Waals surface area contributed by atoms with Gasteiger partial charge in [-0.05, 0) is 57.1 Å². The average Bonchev–Trinajstić information content (AvgIpc) is 3.00. The molecule has 212 valence electrons. The van der Waals surface area contributed by atoms with Crippen molar-refractivity contribution in [1.29, 1.82) is 0 Å². The molecule has 1 aliphatic rings. The summed E-state index contributed by atoms with van der Waals surface area (Å²) in [5.41, 5.74) is 3.49. The molecule has 1 fully saturated rings. The van der Waals surface area contributed by atoms with Crippen LogP contribution >= 0.6 is 0 Å². The van der Waals surface area contributed by atoms with Crippen LogP contribution in [0.1, 0.15) is 24.5 Å².